The van der Waals surface area contributed by atoms with Crippen LogP contribution in [0, 0.1) is 10.9 Å². The minimum atomic E-state index is 0.0515. The average molecular weight is 433 g/mol. The van der Waals surface area contributed by atoms with Crippen molar-refractivity contribution in [1.82, 2.24) is 4.57 Å². The Morgan fingerprint density at radius 3 is 2.67 bits per heavy atom. The number of hydrogen-bond acceptors (Lipinski definition) is 4. The molecule has 0 radical (unpaired) electrons. The number of nitrogens with zero attached hydrogens (tertiary/aromatic N) is 2. The Morgan fingerprint density at radius 1 is 1.15 bits per heavy atom. The number of halogens is 2. The van der Waals surface area contributed by atoms with E-state index < -0.39 is 0 Å². The minimum absolute atomic E-state index is 0.0515. The van der Waals surface area contributed by atoms with Crippen LogP contribution < -0.4 is 0 Å². The van der Waals surface area contributed by atoms with Crippen molar-refractivity contribution < 1.29 is 5.11 Å². The molecule has 0 amide bonds. The van der Waals surface area contributed by atoms with E-state index in [1.807, 2.05) is 32.1 Å². The largest absolute Gasteiger partial charge is 0.493 e. The highest BCUT2D eigenvalue weighted by Gasteiger charge is 2.20. The number of aromatic nitrogens is 1. The van der Waals surface area contributed by atoms with Crippen LogP contribution in [0.15, 0.2) is 41.4 Å². The third-order valence-electron chi connectivity index (χ3n) is 4.36. The number of hydrogen-bond donors (Lipinski definition) is 1. The standard InChI is InChI=1S/C20H14Cl2N2OS2/c1-10-3-5-16-14(7-10)13(11(2)23-16)9-18-19(25)24(20(26)27-18)17-6-4-12(21)8-15(17)22/h3-9,25H,1-2H3/b13-9+. The summed E-state index contributed by atoms with van der Waals surface area (Å²) in [4.78, 5) is 5.27. The lowest BCUT2D eigenvalue weighted by Gasteiger charge is -2.08. The van der Waals surface area contributed by atoms with E-state index in [0.717, 1.165) is 28.1 Å². The van der Waals surface area contributed by atoms with Crippen molar-refractivity contribution in [2.24, 2.45) is 4.99 Å². The first-order chi connectivity index (χ1) is 12.8. The molecule has 0 fully saturated rings. The molecule has 1 aromatic heterocycles. The van der Waals surface area contributed by atoms with Crippen LogP contribution in [-0.4, -0.2) is 15.4 Å². The lowest BCUT2D eigenvalue weighted by Crippen LogP contribution is -1.94. The smallest absolute Gasteiger partial charge is 0.215 e. The highest BCUT2D eigenvalue weighted by molar-refractivity contribution is 7.73. The first-order valence-corrected chi connectivity index (χ1v) is 10.1. The Morgan fingerprint density at radius 2 is 1.93 bits per heavy atom. The second-order valence-electron chi connectivity index (χ2n) is 6.26. The van der Waals surface area contributed by atoms with Gasteiger partial charge in [0, 0.05) is 21.9 Å². The summed E-state index contributed by atoms with van der Waals surface area (Å²) in [6.45, 7) is 4.01. The topological polar surface area (TPSA) is 37.5 Å². The van der Waals surface area contributed by atoms with Crippen LogP contribution in [0.1, 0.15) is 22.9 Å². The molecule has 7 heteroatoms. The quantitative estimate of drug-likeness (QED) is 0.433. The molecule has 3 aromatic rings. The summed E-state index contributed by atoms with van der Waals surface area (Å²) < 4.78 is 2.06. The predicted molar refractivity (Wildman–Crippen MR) is 118 cm³/mol. The lowest BCUT2D eigenvalue weighted by atomic mass is 10.0. The molecule has 1 aliphatic heterocycles. The van der Waals surface area contributed by atoms with E-state index in [1.165, 1.54) is 11.3 Å². The number of rotatable bonds is 2. The van der Waals surface area contributed by atoms with Gasteiger partial charge in [0.1, 0.15) is 0 Å². The van der Waals surface area contributed by atoms with Gasteiger partial charge in [-0.3, -0.25) is 9.56 Å². The van der Waals surface area contributed by atoms with Crippen molar-refractivity contribution in [3.05, 3.63) is 66.4 Å². The zero-order valence-electron chi connectivity index (χ0n) is 14.5. The molecule has 4 rings (SSSR count). The van der Waals surface area contributed by atoms with Crippen molar-refractivity contribution in [3.63, 3.8) is 0 Å². The normalized spacial score (nSPS) is 14.5. The van der Waals surface area contributed by atoms with E-state index in [0.29, 0.717) is 24.6 Å². The van der Waals surface area contributed by atoms with Crippen LogP contribution in [0.25, 0.3) is 17.3 Å². The molecule has 0 saturated carbocycles. The summed E-state index contributed by atoms with van der Waals surface area (Å²) in [6.07, 6.45) is 1.93. The number of allylic oxidation sites excluding steroid dienone is 1. The molecule has 0 unspecified atom stereocenters. The molecule has 1 N–H and O–H groups in total. The third kappa shape index (κ3) is 3.25. The van der Waals surface area contributed by atoms with Gasteiger partial charge in [-0.15, -0.1) is 11.3 Å². The van der Waals surface area contributed by atoms with E-state index >= 15 is 0 Å². The minimum Gasteiger partial charge on any atom is -0.493 e. The number of benzene rings is 2. The highest BCUT2D eigenvalue weighted by atomic mass is 35.5. The Kier molecular flexibility index (Phi) is 4.72. The van der Waals surface area contributed by atoms with Crippen LogP contribution in [-0.2, 0) is 0 Å². The number of aliphatic imine (C=N–C) groups is 1. The predicted octanol–water partition coefficient (Wildman–Crippen LogP) is 7.24. The van der Waals surface area contributed by atoms with E-state index in [1.54, 1.807) is 22.8 Å². The molecule has 2 aromatic carbocycles. The van der Waals surface area contributed by atoms with Gasteiger partial charge in [-0.25, -0.2) is 0 Å². The summed E-state index contributed by atoms with van der Waals surface area (Å²) in [7, 11) is 0. The van der Waals surface area contributed by atoms with Crippen molar-refractivity contribution in [2.75, 3.05) is 0 Å². The Bertz CT molecular complexity index is 1210. The monoisotopic (exact) mass is 432 g/mol. The molecule has 0 atom stereocenters. The Labute approximate surface area is 175 Å². The van der Waals surface area contributed by atoms with Crippen molar-refractivity contribution in [1.29, 1.82) is 0 Å². The Hall–Kier alpha value is -1.92. The van der Waals surface area contributed by atoms with Gasteiger partial charge in [-0.1, -0.05) is 34.8 Å². The maximum atomic E-state index is 10.8. The summed E-state index contributed by atoms with van der Waals surface area (Å²) in [6, 6.07) is 11.2. The van der Waals surface area contributed by atoms with Gasteiger partial charge in [0.05, 0.1) is 21.3 Å². The molecule has 1 aliphatic rings. The van der Waals surface area contributed by atoms with Gasteiger partial charge in [0.2, 0.25) is 5.88 Å². The molecule has 0 saturated heterocycles. The summed E-state index contributed by atoms with van der Waals surface area (Å²) in [5.74, 6) is 0.0515. The molecule has 3 nitrogen and oxygen atoms in total. The molecule has 0 aliphatic carbocycles. The van der Waals surface area contributed by atoms with Gasteiger partial charge in [0.15, 0.2) is 3.95 Å². The van der Waals surface area contributed by atoms with E-state index in [9.17, 15) is 5.11 Å². The van der Waals surface area contributed by atoms with Gasteiger partial charge >= 0.3 is 0 Å². The zero-order valence-corrected chi connectivity index (χ0v) is 17.6. The second-order valence-corrected chi connectivity index (χ2v) is 8.78. The van der Waals surface area contributed by atoms with E-state index in [4.69, 9.17) is 35.4 Å². The number of fused-ring (bicyclic) bond motifs is 1. The molecular weight excluding hydrogens is 419 g/mol. The summed E-state index contributed by atoms with van der Waals surface area (Å²) in [5.41, 5.74) is 5.64. The fraction of sp³-hybridized carbons (Fsp3) is 0.100. The summed E-state index contributed by atoms with van der Waals surface area (Å²) in [5, 5.41) is 11.8. The first-order valence-electron chi connectivity index (χ1n) is 8.14. The lowest BCUT2D eigenvalue weighted by molar-refractivity contribution is 0.441. The average Bonchev–Trinajstić information content (AvgIpc) is 3.05. The first kappa shape index (κ1) is 18.4. The van der Waals surface area contributed by atoms with E-state index in [2.05, 4.69) is 11.1 Å². The zero-order chi connectivity index (χ0) is 19.3. The van der Waals surface area contributed by atoms with E-state index in [-0.39, 0.29) is 5.88 Å². The molecule has 2 heterocycles. The van der Waals surface area contributed by atoms with Crippen molar-refractivity contribution in [3.8, 4) is 11.6 Å². The van der Waals surface area contributed by atoms with Gasteiger partial charge in [0.25, 0.3) is 0 Å². The number of aromatic hydroxyl groups is 1. The van der Waals surface area contributed by atoms with Crippen LogP contribution in [0.4, 0.5) is 5.69 Å². The van der Waals surface area contributed by atoms with Crippen LogP contribution >= 0.6 is 46.8 Å². The third-order valence-corrected chi connectivity index (χ3v) is 6.21. The van der Waals surface area contributed by atoms with Crippen molar-refractivity contribution >= 4 is 69.8 Å². The van der Waals surface area contributed by atoms with Crippen LogP contribution in [0.5, 0.6) is 5.88 Å². The molecule has 0 bridgehead atoms. The maximum absolute atomic E-state index is 10.8. The van der Waals surface area contributed by atoms with Crippen LogP contribution in [0.2, 0.25) is 10.0 Å². The maximum Gasteiger partial charge on any atom is 0.215 e. The summed E-state index contributed by atoms with van der Waals surface area (Å²) >= 11 is 19.1. The van der Waals surface area contributed by atoms with Crippen LogP contribution in [0.3, 0.4) is 0 Å². The molecule has 27 heavy (non-hydrogen) atoms. The molecule has 136 valence electrons. The highest BCUT2D eigenvalue weighted by Crippen LogP contribution is 2.40. The molecular formula is C20H14Cl2N2OS2. The van der Waals surface area contributed by atoms with Gasteiger partial charge in [-0.2, -0.15) is 0 Å². The fourth-order valence-corrected chi connectivity index (χ4v) is 4.83. The van der Waals surface area contributed by atoms with Gasteiger partial charge in [-0.05, 0) is 62.5 Å². The SMILES string of the molecule is CC1=Nc2ccc(C)cc2/C1=C/c1sc(=S)n(-c2ccc(Cl)cc2Cl)c1O. The second kappa shape index (κ2) is 6.91. The van der Waals surface area contributed by atoms with Crippen molar-refractivity contribution in [2.45, 2.75) is 13.8 Å². The fourth-order valence-electron chi connectivity index (χ4n) is 3.06. The Balaban J connectivity index is 1.86. The number of aryl methyl sites for hydroxylation is 1. The number of thiazole rings is 1. The van der Waals surface area contributed by atoms with Gasteiger partial charge < -0.3 is 5.11 Å². The molecule has 0 spiro atoms.